The fourth-order valence-electron chi connectivity index (χ4n) is 11.6. The van der Waals surface area contributed by atoms with Gasteiger partial charge in [0, 0.05) is 25.7 Å². The summed E-state index contributed by atoms with van der Waals surface area (Å²) in [6.45, 7) is 9.58. The molecule has 2 unspecified atom stereocenters. The molecule has 0 heterocycles. The molecule has 19 heteroatoms. The monoisotopic (exact) mass is 1430 g/mol. The number of carbonyl (C=O) groups excluding carboxylic acids is 4. The zero-order valence-corrected chi connectivity index (χ0v) is 65.4. The number of carbonyl (C=O) groups is 4. The Kier molecular flexibility index (Phi) is 68.5. The lowest BCUT2D eigenvalue weighted by atomic mass is 10.0. The summed E-state index contributed by atoms with van der Waals surface area (Å²) in [5.74, 6) is -0.566. The van der Waals surface area contributed by atoms with Crippen molar-refractivity contribution < 1.29 is 80.2 Å². The molecule has 0 aromatic carbocycles. The van der Waals surface area contributed by atoms with Crippen molar-refractivity contribution in [1.29, 1.82) is 0 Å². The highest BCUT2D eigenvalue weighted by molar-refractivity contribution is 7.47. The van der Waals surface area contributed by atoms with Crippen molar-refractivity contribution in [2.24, 2.45) is 11.8 Å². The normalized spacial score (nSPS) is 14.1. The zero-order chi connectivity index (χ0) is 72.1. The second-order valence-corrected chi connectivity index (χ2v) is 31.6. The van der Waals surface area contributed by atoms with Gasteiger partial charge in [0.15, 0.2) is 12.2 Å². The average molecular weight is 1430 g/mol. The summed E-state index contributed by atoms with van der Waals surface area (Å²) >= 11 is 0. The van der Waals surface area contributed by atoms with Crippen LogP contribution in [-0.2, 0) is 65.4 Å². The van der Waals surface area contributed by atoms with Crippen molar-refractivity contribution >= 4 is 39.5 Å². The summed E-state index contributed by atoms with van der Waals surface area (Å²) in [4.78, 5) is 72.9. The maximum absolute atomic E-state index is 13.1. The maximum Gasteiger partial charge on any atom is 0.472 e. The van der Waals surface area contributed by atoms with Gasteiger partial charge in [-0.05, 0) is 63.2 Å². The van der Waals surface area contributed by atoms with Crippen molar-refractivity contribution in [1.82, 2.24) is 0 Å². The van der Waals surface area contributed by atoms with Crippen LogP contribution in [0.4, 0.5) is 0 Å². The Labute approximate surface area is 599 Å². The third kappa shape index (κ3) is 71.9. The van der Waals surface area contributed by atoms with Gasteiger partial charge in [0.2, 0.25) is 0 Å². The predicted octanol–water partition coefficient (Wildman–Crippen LogP) is 23.1. The second-order valence-electron chi connectivity index (χ2n) is 28.7. The minimum atomic E-state index is -4.97. The Hall–Kier alpha value is -2.46. The lowest BCUT2D eigenvalue weighted by Gasteiger charge is -2.21. The highest BCUT2D eigenvalue weighted by Gasteiger charge is 2.30. The first-order valence-electron chi connectivity index (χ1n) is 40.3. The Balaban J connectivity index is 5.29. The van der Waals surface area contributed by atoms with Crippen LogP contribution in [0.1, 0.15) is 388 Å². The fraction of sp³-hybridized carbons (Fsp3) is 0.899. The first kappa shape index (κ1) is 95.5. The van der Waals surface area contributed by atoms with Gasteiger partial charge in [0.05, 0.1) is 26.4 Å². The lowest BCUT2D eigenvalue weighted by Crippen LogP contribution is -2.30. The molecule has 0 radical (unpaired) electrons. The number of hydrogen-bond acceptors (Lipinski definition) is 15. The van der Waals surface area contributed by atoms with Crippen molar-refractivity contribution in [3.05, 3.63) is 24.3 Å². The third-order valence-electron chi connectivity index (χ3n) is 17.8. The minimum Gasteiger partial charge on any atom is -0.462 e. The van der Waals surface area contributed by atoms with Crippen LogP contribution in [0.5, 0.6) is 0 Å². The van der Waals surface area contributed by atoms with Crippen molar-refractivity contribution in [2.75, 3.05) is 39.6 Å². The van der Waals surface area contributed by atoms with E-state index in [0.29, 0.717) is 25.7 Å². The molecule has 0 bridgehead atoms. The fourth-order valence-corrected chi connectivity index (χ4v) is 13.2. The molecule has 0 rings (SSSR count). The SMILES string of the molecule is CCCCCC/C=C\C=C/CCCCCCCC(=O)O[C@H](COC(=O)CCCCCCCCCCCCC)COP(=O)(O)OC[C@H](O)COP(=O)(O)OC[C@@H](COC(=O)CCCCCCCCCCCCCCCC(C)C)OC(=O)CCCCCCCCCCCCCCCC(C)C. The van der Waals surface area contributed by atoms with Crippen LogP contribution in [0, 0.1) is 11.8 Å². The summed E-state index contributed by atoms with van der Waals surface area (Å²) in [6.07, 6.45) is 61.7. The van der Waals surface area contributed by atoms with E-state index in [1.54, 1.807) is 0 Å². The second kappa shape index (κ2) is 70.2. The lowest BCUT2D eigenvalue weighted by molar-refractivity contribution is -0.161. The molecule has 0 spiro atoms. The third-order valence-corrected chi connectivity index (χ3v) is 19.7. The number of aliphatic hydroxyl groups excluding tert-OH is 1. The number of esters is 4. The standard InChI is InChI=1S/C79H150O17P2/c1-7-9-11-13-15-17-19-20-21-26-33-39-45-51-57-63-78(83)95-74(67-89-76(81)61-55-49-43-37-29-18-16-14-12-10-8-2)69-93-97(85,86)91-65-73(80)66-92-98(87,88)94-70-75(96-79(84)64-58-52-46-40-34-28-23-25-31-36-42-48-54-60-72(5)6)68-90-77(82)62-56-50-44-38-32-27-22-24-30-35-41-47-53-59-71(3)4/h17,19-21,71-75,80H,7-16,18,22-70H2,1-6H3,(H,85,86)(H,87,88)/b19-17-,21-20-/t73-,74+,75+/m0/s1. The van der Waals surface area contributed by atoms with Crippen LogP contribution in [0.2, 0.25) is 0 Å². The van der Waals surface area contributed by atoms with E-state index in [2.05, 4.69) is 65.8 Å². The summed E-state index contributed by atoms with van der Waals surface area (Å²) in [5.41, 5.74) is 0. The highest BCUT2D eigenvalue weighted by atomic mass is 31.2. The molecule has 0 aromatic heterocycles. The molecular weight excluding hydrogens is 1280 g/mol. The number of hydrogen-bond donors (Lipinski definition) is 3. The topological polar surface area (TPSA) is 237 Å². The van der Waals surface area contributed by atoms with Crippen LogP contribution < -0.4 is 0 Å². The van der Waals surface area contributed by atoms with E-state index in [4.69, 9.17) is 37.0 Å². The summed E-state index contributed by atoms with van der Waals surface area (Å²) < 4.78 is 68.6. The van der Waals surface area contributed by atoms with Gasteiger partial charge in [-0.25, -0.2) is 9.13 Å². The van der Waals surface area contributed by atoms with Gasteiger partial charge in [-0.3, -0.25) is 37.3 Å². The number of phosphoric acid groups is 2. The van der Waals surface area contributed by atoms with Crippen molar-refractivity contribution in [2.45, 2.75) is 407 Å². The quantitative estimate of drug-likeness (QED) is 0.0169. The Morgan fingerprint density at radius 2 is 0.551 bits per heavy atom. The Morgan fingerprint density at radius 3 is 0.837 bits per heavy atom. The van der Waals surface area contributed by atoms with Gasteiger partial charge < -0.3 is 33.8 Å². The van der Waals surface area contributed by atoms with E-state index < -0.39 is 97.5 Å². The first-order valence-corrected chi connectivity index (χ1v) is 43.3. The summed E-state index contributed by atoms with van der Waals surface area (Å²) in [7, 11) is -9.93. The van der Waals surface area contributed by atoms with E-state index in [1.165, 1.54) is 193 Å². The molecule has 3 N–H and O–H groups in total. The maximum atomic E-state index is 13.1. The molecule has 98 heavy (non-hydrogen) atoms. The number of phosphoric ester groups is 2. The molecule has 0 aliphatic heterocycles. The first-order chi connectivity index (χ1) is 47.4. The summed E-state index contributed by atoms with van der Waals surface area (Å²) in [5, 5.41) is 10.6. The predicted molar refractivity (Wildman–Crippen MR) is 400 cm³/mol. The van der Waals surface area contributed by atoms with Gasteiger partial charge in [-0.2, -0.15) is 0 Å². The van der Waals surface area contributed by atoms with Crippen LogP contribution in [0.25, 0.3) is 0 Å². The van der Waals surface area contributed by atoms with E-state index in [0.717, 1.165) is 115 Å². The number of aliphatic hydroxyl groups is 1. The van der Waals surface area contributed by atoms with Gasteiger partial charge in [0.25, 0.3) is 0 Å². The van der Waals surface area contributed by atoms with E-state index in [1.807, 2.05) is 0 Å². The zero-order valence-electron chi connectivity index (χ0n) is 63.6. The van der Waals surface area contributed by atoms with Crippen molar-refractivity contribution in [3.8, 4) is 0 Å². The van der Waals surface area contributed by atoms with Crippen LogP contribution >= 0.6 is 15.6 Å². The molecule has 5 atom stereocenters. The Morgan fingerprint density at radius 1 is 0.316 bits per heavy atom. The van der Waals surface area contributed by atoms with E-state index in [9.17, 15) is 43.2 Å². The number of rotatable bonds is 76. The average Bonchev–Trinajstić information content (AvgIpc) is 1.02. The Bertz CT molecular complexity index is 1980. The van der Waals surface area contributed by atoms with E-state index in [-0.39, 0.29) is 25.7 Å². The smallest absolute Gasteiger partial charge is 0.462 e. The molecule has 0 fully saturated rings. The molecule has 0 amide bonds. The summed E-state index contributed by atoms with van der Waals surface area (Å²) in [6, 6.07) is 0. The van der Waals surface area contributed by atoms with Gasteiger partial charge >= 0.3 is 39.5 Å². The van der Waals surface area contributed by atoms with Gasteiger partial charge in [0.1, 0.15) is 19.3 Å². The largest absolute Gasteiger partial charge is 0.472 e. The van der Waals surface area contributed by atoms with Gasteiger partial charge in [-0.15, -0.1) is 0 Å². The van der Waals surface area contributed by atoms with Crippen molar-refractivity contribution in [3.63, 3.8) is 0 Å². The molecule has 578 valence electrons. The number of unbranched alkanes of at least 4 members (excludes halogenated alkanes) is 43. The number of ether oxygens (including phenoxy) is 4. The number of allylic oxidation sites excluding steroid dienone is 4. The van der Waals surface area contributed by atoms with Crippen LogP contribution in [-0.4, -0.2) is 96.7 Å². The van der Waals surface area contributed by atoms with Gasteiger partial charge in [-0.1, -0.05) is 336 Å². The molecule has 0 aliphatic carbocycles. The molecule has 0 aromatic rings. The molecule has 0 saturated heterocycles. The van der Waals surface area contributed by atoms with E-state index >= 15 is 0 Å². The highest BCUT2D eigenvalue weighted by Crippen LogP contribution is 2.45. The molecule has 0 saturated carbocycles. The van der Waals surface area contributed by atoms with Crippen LogP contribution in [0.15, 0.2) is 24.3 Å². The van der Waals surface area contributed by atoms with Crippen LogP contribution in [0.3, 0.4) is 0 Å². The molecule has 0 aliphatic rings. The molecular formula is C79H150O17P2. The minimum absolute atomic E-state index is 0.0853. The molecule has 17 nitrogen and oxygen atoms in total.